The Balaban J connectivity index is 2.27. The summed E-state index contributed by atoms with van der Waals surface area (Å²) in [6.45, 7) is 0.860. The minimum absolute atomic E-state index is 0.822. The minimum Gasteiger partial charge on any atom is -0.301 e. The van der Waals surface area contributed by atoms with Gasteiger partial charge in [-0.2, -0.15) is 11.1 Å². The Hall–Kier alpha value is -0.230. The van der Waals surface area contributed by atoms with Gasteiger partial charge in [0.2, 0.25) is 0 Å². The van der Waals surface area contributed by atoms with Gasteiger partial charge < -0.3 is 5.43 Å². The lowest BCUT2D eigenvalue weighted by molar-refractivity contribution is 0.440. The molecular weight excluding hydrogens is 124 g/mol. The number of thiocarbonyl (C=S) groups is 1. The lowest BCUT2D eigenvalue weighted by Gasteiger charge is -2.00. The zero-order chi connectivity index (χ0) is 5.82. The van der Waals surface area contributed by atoms with Crippen LogP contribution in [-0.2, 0) is 0 Å². The van der Waals surface area contributed by atoms with Crippen LogP contribution in [0.1, 0.15) is 6.42 Å². The molecule has 0 atom stereocenters. The zero-order valence-electron chi connectivity index (χ0n) is 4.32. The molecule has 0 bridgehead atoms. The normalized spacial score (nSPS) is 21.8. The number of nitrogens with one attached hydrogen (secondary N) is 4. The summed E-state index contributed by atoms with van der Waals surface area (Å²) in [7, 11) is 0. The van der Waals surface area contributed by atoms with Crippen LogP contribution in [0.4, 0.5) is 0 Å². The van der Waals surface area contributed by atoms with Gasteiger partial charge in [-0.15, -0.1) is 0 Å². The van der Waals surface area contributed by atoms with Crippen LogP contribution >= 0.6 is 12.2 Å². The van der Waals surface area contributed by atoms with Crippen LogP contribution < -0.4 is 21.9 Å². The maximum absolute atomic E-state index is 4.84. The van der Waals surface area contributed by atoms with Crippen molar-refractivity contribution in [3.05, 3.63) is 0 Å². The average molecular weight is 132 g/mol. The Morgan fingerprint density at radius 1 is 1.38 bits per heavy atom. The van der Waals surface area contributed by atoms with Crippen LogP contribution in [0.3, 0.4) is 0 Å². The van der Waals surface area contributed by atoms with Crippen molar-refractivity contribution in [1.82, 2.24) is 21.9 Å². The van der Waals surface area contributed by atoms with Gasteiger partial charge in [-0.05, 0) is 0 Å². The third-order valence-electron chi connectivity index (χ3n) is 0.830. The highest BCUT2D eigenvalue weighted by Gasteiger charge is 1.97. The molecule has 0 aliphatic carbocycles. The summed E-state index contributed by atoms with van der Waals surface area (Å²) in [5, 5.41) is 0. The summed E-state index contributed by atoms with van der Waals surface area (Å²) >= 11 is 4.84. The molecule has 4 N–H and O–H groups in total. The van der Waals surface area contributed by atoms with Gasteiger partial charge in [-0.25, -0.2) is 5.43 Å². The first kappa shape index (κ1) is 5.90. The first-order valence-corrected chi connectivity index (χ1v) is 2.82. The summed E-state index contributed by atoms with van der Waals surface area (Å²) in [6.07, 6.45) is 0.870. The molecule has 0 radical (unpaired) electrons. The lowest BCUT2D eigenvalue weighted by atomic mass is 10.4. The first-order valence-electron chi connectivity index (χ1n) is 2.41. The molecule has 0 saturated carbocycles. The molecule has 0 spiro atoms. The Labute approximate surface area is 52.9 Å². The van der Waals surface area contributed by atoms with E-state index in [0.717, 1.165) is 18.0 Å². The van der Waals surface area contributed by atoms with E-state index in [1.807, 2.05) is 0 Å². The lowest BCUT2D eigenvalue weighted by Crippen LogP contribution is -2.48. The van der Waals surface area contributed by atoms with Crippen molar-refractivity contribution >= 4 is 17.2 Å². The van der Waals surface area contributed by atoms with Crippen molar-refractivity contribution < 1.29 is 0 Å². The van der Waals surface area contributed by atoms with Crippen LogP contribution in [0.5, 0.6) is 0 Å². The van der Waals surface area contributed by atoms with E-state index in [9.17, 15) is 0 Å². The Kier molecular flexibility index (Phi) is 2.16. The van der Waals surface area contributed by atoms with E-state index in [4.69, 9.17) is 12.2 Å². The van der Waals surface area contributed by atoms with Crippen molar-refractivity contribution in [3.8, 4) is 0 Å². The fourth-order valence-corrected chi connectivity index (χ4v) is 0.599. The number of hydrogen-bond donors (Lipinski definition) is 4. The molecule has 0 aromatic carbocycles. The summed E-state index contributed by atoms with van der Waals surface area (Å²) in [5.41, 5.74) is 10.9. The molecule has 5 heteroatoms. The largest absolute Gasteiger partial charge is 0.301 e. The minimum atomic E-state index is 0.822. The van der Waals surface area contributed by atoms with E-state index < -0.39 is 0 Å². The second kappa shape index (κ2) is 2.93. The summed E-state index contributed by atoms with van der Waals surface area (Å²) < 4.78 is 0. The number of hydrazine groups is 3. The fraction of sp³-hybridized carbons (Fsp3) is 0.667. The monoisotopic (exact) mass is 132 g/mol. The molecule has 0 aromatic rings. The predicted octanol–water partition coefficient (Wildman–Crippen LogP) is -1.18. The second-order valence-electron chi connectivity index (χ2n) is 1.47. The average Bonchev–Trinajstić information content (AvgIpc) is 1.94. The van der Waals surface area contributed by atoms with Crippen LogP contribution in [0.2, 0.25) is 0 Å². The van der Waals surface area contributed by atoms with Crippen molar-refractivity contribution in [2.45, 2.75) is 6.42 Å². The van der Waals surface area contributed by atoms with Gasteiger partial charge in [-0.1, -0.05) is 12.2 Å². The smallest absolute Gasteiger partial charge is 0.0919 e. The van der Waals surface area contributed by atoms with E-state index in [1.165, 1.54) is 0 Å². The highest BCUT2D eigenvalue weighted by atomic mass is 32.1. The molecular formula is C3H8N4S. The Bertz CT molecular complexity index is 83.3. The first-order chi connectivity index (χ1) is 3.89. The van der Waals surface area contributed by atoms with Crippen molar-refractivity contribution in [2.75, 3.05) is 6.54 Å². The molecule has 4 nitrogen and oxygen atoms in total. The topological polar surface area (TPSA) is 48.1 Å². The summed E-state index contributed by atoms with van der Waals surface area (Å²) in [4.78, 5) is 0.822. The molecule has 1 rings (SSSR count). The molecule has 1 aliphatic rings. The molecule has 0 amide bonds. The molecule has 1 aliphatic heterocycles. The molecule has 1 saturated heterocycles. The third kappa shape index (κ3) is 1.71. The highest BCUT2D eigenvalue weighted by Crippen LogP contribution is 1.78. The Morgan fingerprint density at radius 3 is 3.12 bits per heavy atom. The molecule has 1 heterocycles. The Morgan fingerprint density at radius 2 is 2.25 bits per heavy atom. The van der Waals surface area contributed by atoms with E-state index in [2.05, 4.69) is 21.9 Å². The van der Waals surface area contributed by atoms with Crippen LogP contribution in [-0.4, -0.2) is 11.5 Å². The summed E-state index contributed by atoms with van der Waals surface area (Å²) in [6, 6.07) is 0. The van der Waals surface area contributed by atoms with Gasteiger partial charge in [0.25, 0.3) is 0 Å². The van der Waals surface area contributed by atoms with Crippen molar-refractivity contribution in [3.63, 3.8) is 0 Å². The number of rotatable bonds is 0. The van der Waals surface area contributed by atoms with Crippen molar-refractivity contribution in [1.29, 1.82) is 0 Å². The van der Waals surface area contributed by atoms with E-state index >= 15 is 0 Å². The van der Waals surface area contributed by atoms with Gasteiger partial charge in [0.05, 0.1) is 4.99 Å². The van der Waals surface area contributed by atoms with Gasteiger partial charge in [0.1, 0.15) is 0 Å². The maximum atomic E-state index is 4.84. The molecule has 46 valence electrons. The van der Waals surface area contributed by atoms with Gasteiger partial charge in [0.15, 0.2) is 0 Å². The molecule has 8 heavy (non-hydrogen) atoms. The van der Waals surface area contributed by atoms with Gasteiger partial charge in [-0.3, -0.25) is 0 Å². The second-order valence-corrected chi connectivity index (χ2v) is 1.97. The summed E-state index contributed by atoms with van der Waals surface area (Å²) in [5.74, 6) is 0. The molecule has 0 aromatic heterocycles. The van der Waals surface area contributed by atoms with Crippen LogP contribution in [0, 0.1) is 0 Å². The molecule has 0 unspecified atom stereocenters. The predicted molar refractivity (Wildman–Crippen MR) is 34.6 cm³/mol. The van der Waals surface area contributed by atoms with E-state index in [1.54, 1.807) is 0 Å². The van der Waals surface area contributed by atoms with Crippen LogP contribution in [0.15, 0.2) is 0 Å². The SMILES string of the molecule is S=C1CCNNNN1. The number of hydrogen-bond acceptors (Lipinski definition) is 4. The van der Waals surface area contributed by atoms with Crippen molar-refractivity contribution in [2.24, 2.45) is 0 Å². The third-order valence-corrected chi connectivity index (χ3v) is 1.14. The van der Waals surface area contributed by atoms with Gasteiger partial charge >= 0.3 is 0 Å². The molecule has 1 fully saturated rings. The van der Waals surface area contributed by atoms with Gasteiger partial charge in [0, 0.05) is 13.0 Å². The fourth-order valence-electron chi connectivity index (χ4n) is 0.446. The zero-order valence-corrected chi connectivity index (χ0v) is 5.14. The quantitative estimate of drug-likeness (QED) is 0.313. The van der Waals surface area contributed by atoms with E-state index in [-0.39, 0.29) is 0 Å². The maximum Gasteiger partial charge on any atom is 0.0919 e. The standard InChI is InChI=1S/C3H8N4S/c8-3-1-2-4-6-7-5-3/h4,6-7H,1-2H2,(H,5,8). The van der Waals surface area contributed by atoms with E-state index in [0.29, 0.717) is 0 Å². The highest BCUT2D eigenvalue weighted by molar-refractivity contribution is 7.80. The van der Waals surface area contributed by atoms with Crippen LogP contribution in [0.25, 0.3) is 0 Å².